The SMILES string of the molecule is CNC(c1c(C)ccnc1N)C1CSC(C)C(C)S1. The molecule has 4 unspecified atom stereocenters. The van der Waals surface area contributed by atoms with Crippen LogP contribution in [0.15, 0.2) is 12.3 Å². The number of hydrogen-bond donors (Lipinski definition) is 2. The molecule has 1 aromatic heterocycles. The van der Waals surface area contributed by atoms with Gasteiger partial charge in [-0.05, 0) is 25.6 Å². The molecule has 0 aliphatic carbocycles. The van der Waals surface area contributed by atoms with Crippen molar-refractivity contribution in [2.24, 2.45) is 0 Å². The van der Waals surface area contributed by atoms with Gasteiger partial charge in [0.25, 0.3) is 0 Å². The summed E-state index contributed by atoms with van der Waals surface area (Å²) in [6, 6.07) is 2.32. The number of nitrogens with zero attached hydrogens (tertiary/aromatic N) is 1. The van der Waals surface area contributed by atoms with Crippen LogP contribution in [0.5, 0.6) is 0 Å². The summed E-state index contributed by atoms with van der Waals surface area (Å²) in [5, 5.41) is 5.40. The lowest BCUT2D eigenvalue weighted by atomic mass is 10.00. The fourth-order valence-electron chi connectivity index (χ4n) is 2.49. The van der Waals surface area contributed by atoms with Crippen molar-refractivity contribution >= 4 is 29.3 Å². The lowest BCUT2D eigenvalue weighted by Gasteiger charge is -2.36. The fraction of sp³-hybridized carbons (Fsp3) is 0.643. The normalized spacial score (nSPS) is 29.2. The molecule has 0 bridgehead atoms. The van der Waals surface area contributed by atoms with E-state index < -0.39 is 0 Å². The number of aryl methyl sites for hydroxylation is 1. The predicted molar refractivity (Wildman–Crippen MR) is 87.9 cm³/mol. The second-order valence-corrected chi connectivity index (χ2v) is 8.14. The summed E-state index contributed by atoms with van der Waals surface area (Å²) in [5.41, 5.74) is 8.50. The minimum Gasteiger partial charge on any atom is -0.383 e. The molecule has 0 aromatic carbocycles. The minimum atomic E-state index is 0.279. The summed E-state index contributed by atoms with van der Waals surface area (Å²) in [6.45, 7) is 6.75. The molecule has 4 atom stereocenters. The van der Waals surface area contributed by atoms with E-state index in [0.717, 1.165) is 11.0 Å². The molecule has 1 fully saturated rings. The molecule has 3 N–H and O–H groups in total. The number of anilines is 1. The van der Waals surface area contributed by atoms with Gasteiger partial charge in [-0.25, -0.2) is 4.98 Å². The van der Waals surface area contributed by atoms with Gasteiger partial charge in [-0.1, -0.05) is 13.8 Å². The third-order valence-electron chi connectivity index (χ3n) is 3.81. The van der Waals surface area contributed by atoms with E-state index in [-0.39, 0.29) is 6.04 Å². The Hall–Kier alpha value is -0.390. The van der Waals surface area contributed by atoms with E-state index in [0.29, 0.717) is 16.3 Å². The highest BCUT2D eigenvalue weighted by Gasteiger charge is 2.33. The molecular weight excluding hydrogens is 274 g/mol. The Balaban J connectivity index is 2.25. The van der Waals surface area contributed by atoms with Crippen LogP contribution in [0.1, 0.15) is 31.0 Å². The molecule has 0 amide bonds. The van der Waals surface area contributed by atoms with E-state index in [1.165, 1.54) is 11.1 Å². The summed E-state index contributed by atoms with van der Waals surface area (Å²) < 4.78 is 0. The zero-order valence-corrected chi connectivity index (χ0v) is 13.6. The molecule has 3 nitrogen and oxygen atoms in total. The van der Waals surface area contributed by atoms with Crippen molar-refractivity contribution in [1.29, 1.82) is 0 Å². The Labute approximate surface area is 124 Å². The number of nitrogens with one attached hydrogen (secondary N) is 1. The van der Waals surface area contributed by atoms with Gasteiger partial charge < -0.3 is 11.1 Å². The van der Waals surface area contributed by atoms with Crippen molar-refractivity contribution in [2.45, 2.75) is 42.6 Å². The van der Waals surface area contributed by atoms with E-state index in [4.69, 9.17) is 5.73 Å². The smallest absolute Gasteiger partial charge is 0.128 e. The van der Waals surface area contributed by atoms with Crippen LogP contribution in [-0.4, -0.2) is 33.5 Å². The maximum Gasteiger partial charge on any atom is 0.128 e. The van der Waals surface area contributed by atoms with Gasteiger partial charge in [-0.2, -0.15) is 23.5 Å². The van der Waals surface area contributed by atoms with Crippen molar-refractivity contribution in [3.05, 3.63) is 23.4 Å². The topological polar surface area (TPSA) is 50.9 Å². The van der Waals surface area contributed by atoms with Gasteiger partial charge in [0.1, 0.15) is 5.82 Å². The quantitative estimate of drug-likeness (QED) is 0.898. The minimum absolute atomic E-state index is 0.279. The second kappa shape index (κ2) is 6.37. The van der Waals surface area contributed by atoms with Gasteiger partial charge in [0, 0.05) is 39.3 Å². The van der Waals surface area contributed by atoms with Crippen molar-refractivity contribution in [1.82, 2.24) is 10.3 Å². The molecule has 0 saturated carbocycles. The van der Waals surface area contributed by atoms with Crippen LogP contribution >= 0.6 is 23.5 Å². The number of rotatable bonds is 3. The maximum absolute atomic E-state index is 6.10. The molecule has 1 saturated heterocycles. The monoisotopic (exact) mass is 297 g/mol. The molecule has 1 aromatic rings. The third kappa shape index (κ3) is 3.20. The van der Waals surface area contributed by atoms with Crippen molar-refractivity contribution in [2.75, 3.05) is 18.5 Å². The number of aromatic nitrogens is 1. The molecule has 1 aliphatic rings. The Morgan fingerprint density at radius 2 is 2.16 bits per heavy atom. The van der Waals surface area contributed by atoms with Crippen LogP contribution in [-0.2, 0) is 0 Å². The van der Waals surface area contributed by atoms with E-state index in [2.05, 4.69) is 54.6 Å². The highest BCUT2D eigenvalue weighted by molar-refractivity contribution is 8.07. The number of nitrogen functional groups attached to an aromatic ring is 1. The second-order valence-electron chi connectivity index (χ2n) is 5.11. The van der Waals surface area contributed by atoms with Crippen LogP contribution in [0.4, 0.5) is 5.82 Å². The van der Waals surface area contributed by atoms with Crippen molar-refractivity contribution in [3.63, 3.8) is 0 Å². The Morgan fingerprint density at radius 3 is 2.74 bits per heavy atom. The number of hydrogen-bond acceptors (Lipinski definition) is 5. The van der Waals surface area contributed by atoms with Crippen molar-refractivity contribution in [3.8, 4) is 0 Å². The Morgan fingerprint density at radius 1 is 1.42 bits per heavy atom. The average Bonchev–Trinajstić information content (AvgIpc) is 2.37. The van der Waals surface area contributed by atoms with Gasteiger partial charge in [0.05, 0.1) is 0 Å². The van der Waals surface area contributed by atoms with E-state index in [1.807, 2.05) is 13.1 Å². The Bertz CT molecular complexity index is 418. The van der Waals surface area contributed by atoms with E-state index in [9.17, 15) is 0 Å². The maximum atomic E-state index is 6.10. The Kier molecular flexibility index (Phi) is 5.03. The molecular formula is C14H23N3S2. The molecule has 5 heteroatoms. The van der Waals surface area contributed by atoms with Crippen LogP contribution in [0.3, 0.4) is 0 Å². The summed E-state index contributed by atoms with van der Waals surface area (Å²) in [7, 11) is 2.02. The summed E-state index contributed by atoms with van der Waals surface area (Å²) >= 11 is 4.13. The largest absolute Gasteiger partial charge is 0.383 e. The molecule has 2 rings (SSSR count). The van der Waals surface area contributed by atoms with Gasteiger partial charge in [0.15, 0.2) is 0 Å². The molecule has 0 radical (unpaired) electrons. The predicted octanol–water partition coefficient (Wildman–Crippen LogP) is 2.86. The molecule has 19 heavy (non-hydrogen) atoms. The van der Waals surface area contributed by atoms with E-state index >= 15 is 0 Å². The van der Waals surface area contributed by atoms with Gasteiger partial charge in [-0.15, -0.1) is 0 Å². The first-order valence-corrected chi connectivity index (χ1v) is 8.69. The van der Waals surface area contributed by atoms with Crippen LogP contribution in [0, 0.1) is 6.92 Å². The lowest BCUT2D eigenvalue weighted by molar-refractivity contribution is 0.585. The highest BCUT2D eigenvalue weighted by Crippen LogP contribution is 2.42. The van der Waals surface area contributed by atoms with Gasteiger partial charge in [0.2, 0.25) is 0 Å². The summed E-state index contributed by atoms with van der Waals surface area (Å²) in [6.07, 6.45) is 1.79. The summed E-state index contributed by atoms with van der Waals surface area (Å²) in [4.78, 5) is 4.26. The lowest BCUT2D eigenvalue weighted by Crippen LogP contribution is -2.36. The van der Waals surface area contributed by atoms with Gasteiger partial charge >= 0.3 is 0 Å². The number of pyridine rings is 1. The first kappa shape index (κ1) is 15.0. The highest BCUT2D eigenvalue weighted by atomic mass is 32.2. The zero-order chi connectivity index (χ0) is 14.0. The fourth-order valence-corrected chi connectivity index (χ4v) is 5.63. The van der Waals surface area contributed by atoms with Gasteiger partial charge in [-0.3, -0.25) is 0 Å². The number of thioether (sulfide) groups is 2. The van der Waals surface area contributed by atoms with E-state index in [1.54, 1.807) is 6.20 Å². The standard InChI is InChI=1S/C14H23N3S2/c1-8-5-6-17-14(15)12(8)13(16-4)11-7-18-9(2)10(3)19-11/h5-6,9-11,13,16H,7H2,1-4H3,(H2,15,17). The van der Waals surface area contributed by atoms with Crippen LogP contribution in [0.25, 0.3) is 0 Å². The summed E-state index contributed by atoms with van der Waals surface area (Å²) in [5.74, 6) is 1.83. The average molecular weight is 297 g/mol. The third-order valence-corrected chi connectivity index (χ3v) is 7.30. The molecule has 2 heterocycles. The molecule has 1 aliphatic heterocycles. The van der Waals surface area contributed by atoms with Crippen LogP contribution < -0.4 is 11.1 Å². The van der Waals surface area contributed by atoms with Crippen molar-refractivity contribution < 1.29 is 0 Å². The molecule has 106 valence electrons. The first-order valence-electron chi connectivity index (χ1n) is 6.70. The van der Waals surface area contributed by atoms with Crippen LogP contribution in [0.2, 0.25) is 0 Å². The number of nitrogens with two attached hydrogens (primary N) is 1. The first-order chi connectivity index (χ1) is 9.04. The molecule has 0 spiro atoms. The zero-order valence-electron chi connectivity index (χ0n) is 12.0.